The lowest BCUT2D eigenvalue weighted by Gasteiger charge is -2.22. The maximum Gasteiger partial charge on any atom is 0.254 e. The second-order valence-corrected chi connectivity index (χ2v) is 5.23. The Labute approximate surface area is 130 Å². The second-order valence-electron chi connectivity index (χ2n) is 5.23. The first-order valence-electron chi connectivity index (χ1n) is 7.19. The average molecular weight is 299 g/mol. The minimum atomic E-state index is -0.108. The van der Waals surface area contributed by atoms with E-state index in [1.165, 1.54) is 0 Å². The molecular weight excluding hydrogens is 278 g/mol. The summed E-state index contributed by atoms with van der Waals surface area (Å²) in [6.07, 6.45) is 1.63. The number of pyridine rings is 1. The monoisotopic (exact) mass is 299 g/mol. The molecule has 116 valence electrons. The first-order chi connectivity index (χ1) is 10.6. The summed E-state index contributed by atoms with van der Waals surface area (Å²) in [6.45, 7) is 0.706. The summed E-state index contributed by atoms with van der Waals surface area (Å²) in [6, 6.07) is 13.2. The normalized spacial score (nSPS) is 10.3. The van der Waals surface area contributed by atoms with E-state index in [9.17, 15) is 9.90 Å². The Balaban J connectivity index is 2.20. The zero-order valence-electron chi connectivity index (χ0n) is 12.9. The van der Waals surface area contributed by atoms with Gasteiger partial charge in [-0.15, -0.1) is 0 Å². The average Bonchev–Trinajstić information content (AvgIpc) is 2.55. The molecule has 0 saturated heterocycles. The van der Waals surface area contributed by atoms with E-state index >= 15 is 0 Å². The van der Waals surface area contributed by atoms with Crippen molar-refractivity contribution in [1.29, 1.82) is 0 Å². The molecule has 0 spiro atoms. The number of benzene rings is 1. The van der Waals surface area contributed by atoms with Crippen molar-refractivity contribution in [1.82, 2.24) is 9.88 Å². The number of anilines is 1. The Morgan fingerprint density at radius 1 is 1.18 bits per heavy atom. The molecule has 0 atom stereocenters. The minimum absolute atomic E-state index is 0.0653. The van der Waals surface area contributed by atoms with Crippen LogP contribution in [-0.4, -0.2) is 48.1 Å². The Morgan fingerprint density at radius 2 is 1.91 bits per heavy atom. The Kier molecular flexibility index (Phi) is 5.49. The van der Waals surface area contributed by atoms with Gasteiger partial charge in [-0.3, -0.25) is 4.79 Å². The number of aromatic nitrogens is 1. The SMILES string of the molecule is CN(C)c1cc(C(=O)N(CCO)Cc2ccccc2)ccn1. The van der Waals surface area contributed by atoms with Crippen LogP contribution in [-0.2, 0) is 6.54 Å². The van der Waals surface area contributed by atoms with E-state index in [1.54, 1.807) is 23.2 Å². The summed E-state index contributed by atoms with van der Waals surface area (Å²) in [4.78, 5) is 20.4. The number of rotatable bonds is 6. The van der Waals surface area contributed by atoms with Gasteiger partial charge in [0.05, 0.1) is 6.61 Å². The largest absolute Gasteiger partial charge is 0.395 e. The van der Waals surface area contributed by atoms with Crippen molar-refractivity contribution in [2.45, 2.75) is 6.54 Å². The van der Waals surface area contributed by atoms with Crippen LogP contribution in [0.1, 0.15) is 15.9 Å². The number of carbonyl (C=O) groups is 1. The molecule has 1 aromatic heterocycles. The van der Waals surface area contributed by atoms with Gasteiger partial charge >= 0.3 is 0 Å². The third-order valence-electron chi connectivity index (χ3n) is 3.32. The highest BCUT2D eigenvalue weighted by Crippen LogP contribution is 2.14. The van der Waals surface area contributed by atoms with E-state index in [0.29, 0.717) is 18.7 Å². The maximum absolute atomic E-state index is 12.7. The summed E-state index contributed by atoms with van der Waals surface area (Å²) < 4.78 is 0. The Bertz CT molecular complexity index is 614. The molecule has 0 aliphatic carbocycles. The van der Waals surface area contributed by atoms with Gasteiger partial charge in [-0.1, -0.05) is 30.3 Å². The van der Waals surface area contributed by atoms with Gasteiger partial charge in [0.1, 0.15) is 5.82 Å². The predicted molar refractivity (Wildman–Crippen MR) is 86.8 cm³/mol. The van der Waals surface area contributed by atoms with Crippen molar-refractivity contribution in [3.05, 3.63) is 59.8 Å². The molecular formula is C17H21N3O2. The molecule has 0 unspecified atom stereocenters. The lowest BCUT2D eigenvalue weighted by atomic mass is 10.1. The lowest BCUT2D eigenvalue weighted by molar-refractivity contribution is 0.0708. The highest BCUT2D eigenvalue weighted by atomic mass is 16.3. The standard InChI is InChI=1S/C17H21N3O2/c1-19(2)16-12-15(8-9-18-16)17(22)20(10-11-21)13-14-6-4-3-5-7-14/h3-9,12,21H,10-11,13H2,1-2H3. The number of hydrogen-bond acceptors (Lipinski definition) is 4. The molecule has 1 aromatic carbocycles. The Hall–Kier alpha value is -2.40. The van der Waals surface area contributed by atoms with Gasteiger partial charge in [-0.25, -0.2) is 4.98 Å². The quantitative estimate of drug-likeness (QED) is 0.883. The predicted octanol–water partition coefficient (Wildman–Crippen LogP) is 1.78. The zero-order chi connectivity index (χ0) is 15.9. The van der Waals surface area contributed by atoms with Gasteiger partial charge in [0, 0.05) is 38.9 Å². The molecule has 0 bridgehead atoms. The third kappa shape index (κ3) is 4.05. The molecule has 0 saturated carbocycles. The van der Waals surface area contributed by atoms with Crippen LogP contribution in [0.15, 0.2) is 48.7 Å². The maximum atomic E-state index is 12.7. The van der Waals surface area contributed by atoms with Crippen molar-refractivity contribution < 1.29 is 9.90 Å². The molecule has 2 rings (SSSR count). The fourth-order valence-electron chi connectivity index (χ4n) is 2.16. The van der Waals surface area contributed by atoms with Gasteiger partial charge in [-0.05, 0) is 17.7 Å². The summed E-state index contributed by atoms with van der Waals surface area (Å²) in [5, 5.41) is 9.24. The molecule has 1 heterocycles. The van der Waals surface area contributed by atoms with E-state index in [0.717, 1.165) is 11.4 Å². The minimum Gasteiger partial charge on any atom is -0.395 e. The summed E-state index contributed by atoms with van der Waals surface area (Å²) >= 11 is 0. The van der Waals surface area contributed by atoms with Gasteiger partial charge in [0.25, 0.3) is 5.91 Å². The van der Waals surface area contributed by atoms with Crippen LogP contribution in [0, 0.1) is 0 Å². The molecule has 0 aliphatic rings. The van der Waals surface area contributed by atoms with Crippen LogP contribution < -0.4 is 4.90 Å². The van der Waals surface area contributed by atoms with Gasteiger partial charge < -0.3 is 14.9 Å². The van der Waals surface area contributed by atoms with E-state index in [1.807, 2.05) is 49.3 Å². The van der Waals surface area contributed by atoms with Crippen LogP contribution in [0.25, 0.3) is 0 Å². The molecule has 5 heteroatoms. The lowest BCUT2D eigenvalue weighted by Crippen LogP contribution is -2.33. The van der Waals surface area contributed by atoms with E-state index in [2.05, 4.69) is 4.98 Å². The first kappa shape index (κ1) is 16.0. The third-order valence-corrected chi connectivity index (χ3v) is 3.32. The van der Waals surface area contributed by atoms with Crippen LogP contribution in [0.3, 0.4) is 0 Å². The van der Waals surface area contributed by atoms with Gasteiger partial charge in [0.2, 0.25) is 0 Å². The van der Waals surface area contributed by atoms with Crippen molar-refractivity contribution in [2.75, 3.05) is 32.1 Å². The van der Waals surface area contributed by atoms with E-state index in [-0.39, 0.29) is 12.5 Å². The van der Waals surface area contributed by atoms with Gasteiger partial charge in [0.15, 0.2) is 0 Å². The molecule has 1 amide bonds. The second kappa shape index (κ2) is 7.56. The van der Waals surface area contributed by atoms with Crippen LogP contribution >= 0.6 is 0 Å². The topological polar surface area (TPSA) is 56.7 Å². The number of hydrogen-bond donors (Lipinski definition) is 1. The van der Waals surface area contributed by atoms with Crippen LogP contribution in [0.4, 0.5) is 5.82 Å². The summed E-state index contributed by atoms with van der Waals surface area (Å²) in [7, 11) is 3.76. The molecule has 5 nitrogen and oxygen atoms in total. The molecule has 0 radical (unpaired) electrons. The summed E-state index contributed by atoms with van der Waals surface area (Å²) in [5.74, 6) is 0.623. The summed E-state index contributed by atoms with van der Waals surface area (Å²) in [5.41, 5.74) is 1.61. The number of aliphatic hydroxyl groups is 1. The molecule has 0 aliphatic heterocycles. The smallest absolute Gasteiger partial charge is 0.254 e. The van der Waals surface area contributed by atoms with Crippen LogP contribution in [0.2, 0.25) is 0 Å². The highest BCUT2D eigenvalue weighted by Gasteiger charge is 2.16. The number of carbonyl (C=O) groups excluding carboxylic acids is 1. The van der Waals surface area contributed by atoms with E-state index in [4.69, 9.17) is 0 Å². The Morgan fingerprint density at radius 3 is 2.55 bits per heavy atom. The van der Waals surface area contributed by atoms with E-state index < -0.39 is 0 Å². The van der Waals surface area contributed by atoms with Crippen molar-refractivity contribution in [3.63, 3.8) is 0 Å². The van der Waals surface area contributed by atoms with Gasteiger partial charge in [-0.2, -0.15) is 0 Å². The number of nitrogens with zero attached hydrogens (tertiary/aromatic N) is 3. The number of aliphatic hydroxyl groups excluding tert-OH is 1. The molecule has 0 fully saturated rings. The fourth-order valence-corrected chi connectivity index (χ4v) is 2.16. The van der Waals surface area contributed by atoms with Crippen molar-refractivity contribution in [2.24, 2.45) is 0 Å². The molecule has 2 aromatic rings. The molecule has 1 N–H and O–H groups in total. The van der Waals surface area contributed by atoms with Crippen molar-refractivity contribution in [3.8, 4) is 0 Å². The molecule has 22 heavy (non-hydrogen) atoms. The van der Waals surface area contributed by atoms with Crippen molar-refractivity contribution >= 4 is 11.7 Å². The fraction of sp³-hybridized carbons (Fsp3) is 0.294. The number of amides is 1. The highest BCUT2D eigenvalue weighted by molar-refractivity contribution is 5.94. The zero-order valence-corrected chi connectivity index (χ0v) is 12.9. The van der Waals surface area contributed by atoms with Crippen LogP contribution in [0.5, 0.6) is 0 Å². The first-order valence-corrected chi connectivity index (χ1v) is 7.19.